The summed E-state index contributed by atoms with van der Waals surface area (Å²) in [5.74, 6) is 0.424. The van der Waals surface area contributed by atoms with Crippen LogP contribution in [-0.4, -0.2) is 18.7 Å². The van der Waals surface area contributed by atoms with Gasteiger partial charge in [0.1, 0.15) is 10.6 Å². The minimum atomic E-state index is -0.314. The molecule has 0 atom stereocenters. The van der Waals surface area contributed by atoms with Gasteiger partial charge in [-0.3, -0.25) is 4.79 Å². The normalized spacial score (nSPS) is 11.6. The number of hydrogen-bond acceptors (Lipinski definition) is 4. The second-order valence-electron chi connectivity index (χ2n) is 5.61. The van der Waals surface area contributed by atoms with E-state index < -0.39 is 0 Å². The van der Waals surface area contributed by atoms with E-state index in [0.717, 1.165) is 27.0 Å². The van der Waals surface area contributed by atoms with Crippen LogP contribution < -0.4 is 10.2 Å². The Balaban J connectivity index is 1.83. The molecule has 0 spiro atoms. The van der Waals surface area contributed by atoms with Gasteiger partial charge in [-0.15, -0.1) is 11.3 Å². The van der Waals surface area contributed by atoms with E-state index in [0.29, 0.717) is 15.6 Å². The highest BCUT2D eigenvalue weighted by molar-refractivity contribution is 7.21. The number of nitrogens with one attached hydrogen (secondary N) is 1. The van der Waals surface area contributed by atoms with Crippen molar-refractivity contribution in [3.8, 4) is 5.75 Å². The highest BCUT2D eigenvalue weighted by Crippen LogP contribution is 2.35. The predicted molar refractivity (Wildman–Crippen MR) is 104 cm³/mol. The minimum Gasteiger partial charge on any atom is -0.497 e. The summed E-state index contributed by atoms with van der Waals surface area (Å²) < 4.78 is 6.19. The van der Waals surface area contributed by atoms with Gasteiger partial charge in [0.15, 0.2) is 0 Å². The standard InChI is InChI=1S/C19H17ClN2O2S/c1-11-7-8-15-16(9-11)25-18(17(15)20)19(23)22-21-12(2)13-5-4-6-14(10-13)24-3/h4-10H,1-3H3,(H,22,23). The summed E-state index contributed by atoms with van der Waals surface area (Å²) in [6, 6.07) is 13.4. The van der Waals surface area contributed by atoms with Gasteiger partial charge in [0.2, 0.25) is 0 Å². The fraction of sp³-hybridized carbons (Fsp3) is 0.158. The fourth-order valence-corrected chi connectivity index (χ4v) is 3.92. The third-order valence-electron chi connectivity index (χ3n) is 3.80. The van der Waals surface area contributed by atoms with Crippen molar-refractivity contribution in [2.75, 3.05) is 7.11 Å². The topological polar surface area (TPSA) is 50.7 Å². The van der Waals surface area contributed by atoms with Crippen LogP contribution in [0, 0.1) is 6.92 Å². The number of ether oxygens (including phenoxy) is 1. The number of amides is 1. The number of fused-ring (bicyclic) bond motifs is 1. The molecule has 0 radical (unpaired) electrons. The van der Waals surface area contributed by atoms with E-state index in [9.17, 15) is 4.79 Å². The van der Waals surface area contributed by atoms with Gasteiger partial charge in [-0.2, -0.15) is 5.10 Å². The molecule has 128 valence electrons. The van der Waals surface area contributed by atoms with Crippen LogP contribution in [-0.2, 0) is 0 Å². The van der Waals surface area contributed by atoms with Gasteiger partial charge in [-0.1, -0.05) is 35.9 Å². The van der Waals surface area contributed by atoms with E-state index >= 15 is 0 Å². The Labute approximate surface area is 155 Å². The average molecular weight is 373 g/mol. The van der Waals surface area contributed by atoms with Gasteiger partial charge in [0, 0.05) is 15.6 Å². The third kappa shape index (κ3) is 3.67. The molecule has 0 saturated heterocycles. The van der Waals surface area contributed by atoms with E-state index in [4.69, 9.17) is 16.3 Å². The largest absolute Gasteiger partial charge is 0.497 e. The number of hydrazone groups is 1. The maximum atomic E-state index is 12.5. The lowest BCUT2D eigenvalue weighted by Crippen LogP contribution is -2.18. The fourth-order valence-electron chi connectivity index (χ4n) is 2.42. The zero-order valence-corrected chi connectivity index (χ0v) is 15.7. The molecule has 3 rings (SSSR count). The number of carbonyl (C=O) groups is 1. The Morgan fingerprint density at radius 3 is 2.80 bits per heavy atom. The summed E-state index contributed by atoms with van der Waals surface area (Å²) in [6.07, 6.45) is 0. The summed E-state index contributed by atoms with van der Waals surface area (Å²) in [5, 5.41) is 5.53. The second kappa shape index (κ2) is 7.25. The van der Waals surface area contributed by atoms with Crippen molar-refractivity contribution in [1.82, 2.24) is 5.43 Å². The van der Waals surface area contributed by atoms with E-state index in [-0.39, 0.29) is 5.91 Å². The highest BCUT2D eigenvalue weighted by atomic mass is 35.5. The van der Waals surface area contributed by atoms with Crippen LogP contribution in [0.4, 0.5) is 0 Å². The lowest BCUT2D eigenvalue weighted by atomic mass is 10.1. The zero-order chi connectivity index (χ0) is 18.0. The number of benzene rings is 2. The molecule has 1 aromatic heterocycles. The molecule has 4 nitrogen and oxygen atoms in total. The number of methoxy groups -OCH3 is 1. The molecule has 2 aromatic carbocycles. The first kappa shape index (κ1) is 17.5. The SMILES string of the molecule is COc1cccc(C(C)=NNC(=O)c2sc3cc(C)ccc3c2Cl)c1. The van der Waals surface area contributed by atoms with Gasteiger partial charge < -0.3 is 4.74 Å². The smallest absolute Gasteiger partial charge is 0.283 e. The molecule has 1 heterocycles. The molecule has 0 unspecified atom stereocenters. The molecule has 0 fully saturated rings. The number of rotatable bonds is 4. The molecule has 6 heteroatoms. The second-order valence-corrected chi connectivity index (χ2v) is 7.05. The van der Waals surface area contributed by atoms with E-state index in [1.165, 1.54) is 11.3 Å². The molecule has 0 aliphatic rings. The van der Waals surface area contributed by atoms with Gasteiger partial charge in [0.25, 0.3) is 5.91 Å². The maximum absolute atomic E-state index is 12.5. The molecule has 1 N–H and O–H groups in total. The molecule has 0 aliphatic carbocycles. The summed E-state index contributed by atoms with van der Waals surface area (Å²) in [4.78, 5) is 12.9. The van der Waals surface area contributed by atoms with E-state index in [2.05, 4.69) is 10.5 Å². The number of nitrogens with zero attached hydrogens (tertiary/aromatic N) is 1. The predicted octanol–water partition coefficient (Wildman–Crippen LogP) is 5.03. The molecule has 0 aliphatic heterocycles. The van der Waals surface area contributed by atoms with E-state index in [1.54, 1.807) is 7.11 Å². The molecule has 3 aromatic rings. The number of carbonyl (C=O) groups excluding carboxylic acids is 1. The first-order valence-corrected chi connectivity index (χ1v) is 8.86. The molecule has 25 heavy (non-hydrogen) atoms. The average Bonchev–Trinajstić information content (AvgIpc) is 2.95. The van der Waals surface area contributed by atoms with Crippen LogP contribution >= 0.6 is 22.9 Å². The number of halogens is 1. The van der Waals surface area contributed by atoms with Crippen molar-refractivity contribution in [2.24, 2.45) is 5.10 Å². The highest BCUT2D eigenvalue weighted by Gasteiger charge is 2.17. The molecule has 0 bridgehead atoms. The van der Waals surface area contributed by atoms with Crippen LogP contribution in [0.2, 0.25) is 5.02 Å². The van der Waals surface area contributed by atoms with Crippen LogP contribution in [0.25, 0.3) is 10.1 Å². The molecular weight excluding hydrogens is 356 g/mol. The van der Waals surface area contributed by atoms with Crippen LogP contribution in [0.3, 0.4) is 0 Å². The quantitative estimate of drug-likeness (QED) is 0.516. The van der Waals surface area contributed by atoms with Gasteiger partial charge in [-0.05, 0) is 37.6 Å². The summed E-state index contributed by atoms with van der Waals surface area (Å²) >= 11 is 7.73. The Bertz CT molecular complexity index is 979. The van der Waals surface area contributed by atoms with Crippen molar-refractivity contribution in [1.29, 1.82) is 0 Å². The monoisotopic (exact) mass is 372 g/mol. The van der Waals surface area contributed by atoms with Gasteiger partial charge in [0.05, 0.1) is 17.8 Å². The number of thiophene rings is 1. The third-order valence-corrected chi connectivity index (χ3v) is 5.46. The molecule has 1 amide bonds. The van der Waals surface area contributed by atoms with Crippen molar-refractivity contribution < 1.29 is 9.53 Å². The van der Waals surface area contributed by atoms with E-state index in [1.807, 2.05) is 56.3 Å². The van der Waals surface area contributed by atoms with Crippen molar-refractivity contribution >= 4 is 44.6 Å². The molecule has 0 saturated carbocycles. The minimum absolute atomic E-state index is 0.314. The van der Waals surface area contributed by atoms with Crippen molar-refractivity contribution in [3.63, 3.8) is 0 Å². The van der Waals surface area contributed by atoms with Crippen LogP contribution in [0.5, 0.6) is 5.75 Å². The Kier molecular flexibility index (Phi) is 5.06. The van der Waals surface area contributed by atoms with Gasteiger partial charge in [-0.25, -0.2) is 5.43 Å². The lowest BCUT2D eigenvalue weighted by Gasteiger charge is -2.04. The van der Waals surface area contributed by atoms with Crippen LogP contribution in [0.1, 0.15) is 27.7 Å². The van der Waals surface area contributed by atoms with Gasteiger partial charge >= 0.3 is 0 Å². The summed E-state index contributed by atoms with van der Waals surface area (Å²) in [5.41, 5.74) is 5.27. The number of aryl methyl sites for hydroxylation is 1. The Morgan fingerprint density at radius 2 is 2.04 bits per heavy atom. The van der Waals surface area contributed by atoms with Crippen molar-refractivity contribution in [3.05, 3.63) is 63.5 Å². The first-order chi connectivity index (χ1) is 12.0. The Morgan fingerprint density at radius 1 is 1.24 bits per heavy atom. The molecular formula is C19H17ClN2O2S. The Hall–Kier alpha value is -2.37. The zero-order valence-electron chi connectivity index (χ0n) is 14.1. The lowest BCUT2D eigenvalue weighted by molar-refractivity contribution is 0.0959. The summed E-state index contributed by atoms with van der Waals surface area (Å²) in [7, 11) is 1.61. The first-order valence-electron chi connectivity index (χ1n) is 7.67. The number of hydrogen-bond donors (Lipinski definition) is 1. The van der Waals surface area contributed by atoms with Crippen LogP contribution in [0.15, 0.2) is 47.6 Å². The summed E-state index contributed by atoms with van der Waals surface area (Å²) in [6.45, 7) is 3.83. The van der Waals surface area contributed by atoms with Crippen molar-refractivity contribution in [2.45, 2.75) is 13.8 Å². The maximum Gasteiger partial charge on any atom is 0.283 e.